The molecule has 0 radical (unpaired) electrons. The second kappa shape index (κ2) is 5.99. The molecule has 0 aromatic carbocycles. The minimum absolute atomic E-state index is 0.498. The zero-order chi connectivity index (χ0) is 11.4. The van der Waals surface area contributed by atoms with Gasteiger partial charge in [-0.15, -0.1) is 0 Å². The maximum atomic E-state index is 5.48. The van der Waals surface area contributed by atoms with Crippen LogP contribution in [0.5, 0.6) is 0 Å². The summed E-state index contributed by atoms with van der Waals surface area (Å²) in [7, 11) is 4.11. The summed E-state index contributed by atoms with van der Waals surface area (Å²) >= 11 is 0. The van der Waals surface area contributed by atoms with Gasteiger partial charge in [-0.05, 0) is 45.6 Å². The van der Waals surface area contributed by atoms with E-state index in [9.17, 15) is 0 Å². The Labute approximate surface area is 99.5 Å². The van der Waals surface area contributed by atoms with Gasteiger partial charge in [0.05, 0.1) is 6.10 Å². The Morgan fingerprint density at radius 3 is 2.75 bits per heavy atom. The zero-order valence-electron chi connectivity index (χ0n) is 10.7. The van der Waals surface area contributed by atoms with Crippen molar-refractivity contribution in [3.05, 3.63) is 0 Å². The first kappa shape index (κ1) is 12.3. The van der Waals surface area contributed by atoms with Crippen molar-refractivity contribution in [2.24, 2.45) is 0 Å². The molecule has 0 aromatic heterocycles. The number of ether oxygens (including phenoxy) is 1. The molecular weight excluding hydrogens is 200 g/mol. The van der Waals surface area contributed by atoms with E-state index >= 15 is 0 Å². The van der Waals surface area contributed by atoms with E-state index in [1.54, 1.807) is 0 Å². The maximum absolute atomic E-state index is 5.48. The molecule has 3 heteroatoms. The van der Waals surface area contributed by atoms with Crippen molar-refractivity contribution in [1.29, 1.82) is 0 Å². The first-order valence-electron chi connectivity index (χ1n) is 6.76. The van der Waals surface area contributed by atoms with Crippen LogP contribution < -0.4 is 5.32 Å². The van der Waals surface area contributed by atoms with Crippen LogP contribution in [0.15, 0.2) is 0 Å². The van der Waals surface area contributed by atoms with E-state index in [1.165, 1.54) is 45.1 Å². The number of hydrogen-bond acceptors (Lipinski definition) is 3. The van der Waals surface area contributed by atoms with Crippen LogP contribution in [0.2, 0.25) is 0 Å². The van der Waals surface area contributed by atoms with Gasteiger partial charge < -0.3 is 15.0 Å². The number of nitrogens with zero attached hydrogens (tertiary/aromatic N) is 1. The molecule has 1 N–H and O–H groups in total. The van der Waals surface area contributed by atoms with Gasteiger partial charge in [0.15, 0.2) is 0 Å². The molecule has 2 atom stereocenters. The number of rotatable bonds is 6. The molecule has 0 bridgehead atoms. The highest BCUT2D eigenvalue weighted by atomic mass is 16.5. The van der Waals surface area contributed by atoms with Gasteiger partial charge in [-0.25, -0.2) is 0 Å². The average molecular weight is 226 g/mol. The van der Waals surface area contributed by atoms with Gasteiger partial charge >= 0.3 is 0 Å². The van der Waals surface area contributed by atoms with E-state index in [2.05, 4.69) is 17.3 Å². The molecule has 94 valence electrons. The Morgan fingerprint density at radius 2 is 2.06 bits per heavy atom. The van der Waals surface area contributed by atoms with Crippen LogP contribution in [-0.2, 0) is 4.74 Å². The van der Waals surface area contributed by atoms with E-state index < -0.39 is 0 Å². The Morgan fingerprint density at radius 1 is 1.25 bits per heavy atom. The molecule has 0 heterocycles. The highest BCUT2D eigenvalue weighted by Gasteiger charge is 2.25. The number of likely N-dealkylation sites (N-methyl/N-ethyl adjacent to an activating group) is 1. The molecule has 2 fully saturated rings. The van der Waals surface area contributed by atoms with Crippen molar-refractivity contribution in [1.82, 2.24) is 10.2 Å². The predicted octanol–water partition coefficient (Wildman–Crippen LogP) is 1.63. The number of nitrogens with one attached hydrogen (secondary N) is 1. The lowest BCUT2D eigenvalue weighted by molar-refractivity contribution is 0.0349. The molecular formula is C13H26N2O. The molecule has 2 unspecified atom stereocenters. The Hall–Kier alpha value is -0.120. The molecule has 0 saturated heterocycles. The first-order chi connectivity index (χ1) is 7.79. The van der Waals surface area contributed by atoms with Gasteiger partial charge in [-0.3, -0.25) is 0 Å². The Kier molecular flexibility index (Phi) is 4.62. The second-order valence-corrected chi connectivity index (χ2v) is 5.39. The van der Waals surface area contributed by atoms with Crippen LogP contribution in [0.25, 0.3) is 0 Å². The van der Waals surface area contributed by atoms with Crippen molar-refractivity contribution in [2.75, 3.05) is 27.2 Å². The van der Waals surface area contributed by atoms with E-state index in [0.717, 1.165) is 18.6 Å². The van der Waals surface area contributed by atoms with Gasteiger partial charge in [-0.2, -0.15) is 0 Å². The topological polar surface area (TPSA) is 24.5 Å². The van der Waals surface area contributed by atoms with Crippen molar-refractivity contribution in [3.8, 4) is 0 Å². The van der Waals surface area contributed by atoms with Crippen molar-refractivity contribution >= 4 is 0 Å². The molecule has 3 nitrogen and oxygen atoms in total. The van der Waals surface area contributed by atoms with Crippen LogP contribution in [0.3, 0.4) is 0 Å². The van der Waals surface area contributed by atoms with Crippen LogP contribution in [0.4, 0.5) is 0 Å². The quantitative estimate of drug-likeness (QED) is 0.745. The second-order valence-electron chi connectivity index (χ2n) is 5.39. The van der Waals surface area contributed by atoms with E-state index in [1.807, 2.05) is 7.11 Å². The van der Waals surface area contributed by atoms with E-state index in [-0.39, 0.29) is 0 Å². The third kappa shape index (κ3) is 3.72. The highest BCUT2D eigenvalue weighted by Crippen LogP contribution is 2.24. The Balaban J connectivity index is 1.64. The average Bonchev–Trinajstić information content (AvgIpc) is 3.13. The summed E-state index contributed by atoms with van der Waals surface area (Å²) in [5.74, 6) is 0. The molecule has 2 rings (SSSR count). The predicted molar refractivity (Wildman–Crippen MR) is 66.7 cm³/mol. The summed E-state index contributed by atoms with van der Waals surface area (Å²) in [5.41, 5.74) is 0. The maximum Gasteiger partial charge on any atom is 0.0586 e. The minimum Gasteiger partial charge on any atom is -0.381 e. The lowest BCUT2D eigenvalue weighted by atomic mass is 9.92. The third-order valence-electron chi connectivity index (χ3n) is 4.03. The van der Waals surface area contributed by atoms with Crippen LogP contribution in [0.1, 0.15) is 38.5 Å². The van der Waals surface area contributed by atoms with E-state index in [4.69, 9.17) is 4.74 Å². The summed E-state index contributed by atoms with van der Waals surface area (Å²) < 4.78 is 5.48. The lowest BCUT2D eigenvalue weighted by Gasteiger charge is -2.34. The summed E-state index contributed by atoms with van der Waals surface area (Å²) in [6.07, 6.45) is 8.41. The largest absolute Gasteiger partial charge is 0.381 e. The van der Waals surface area contributed by atoms with Gasteiger partial charge in [0.1, 0.15) is 0 Å². The SMILES string of the molecule is COC1CCCC(N(C)CCNC2CC2)C1. The molecule has 2 saturated carbocycles. The molecule has 0 spiro atoms. The molecule has 0 aromatic rings. The van der Waals surface area contributed by atoms with E-state index in [0.29, 0.717) is 6.10 Å². The summed E-state index contributed by atoms with van der Waals surface area (Å²) in [5, 5.41) is 3.58. The van der Waals surface area contributed by atoms with Gasteiger partial charge in [0.2, 0.25) is 0 Å². The van der Waals surface area contributed by atoms with Crippen LogP contribution in [-0.4, -0.2) is 50.3 Å². The monoisotopic (exact) mass is 226 g/mol. The molecule has 2 aliphatic carbocycles. The fourth-order valence-corrected chi connectivity index (χ4v) is 2.65. The van der Waals surface area contributed by atoms with Gasteiger partial charge in [-0.1, -0.05) is 0 Å². The fraction of sp³-hybridized carbons (Fsp3) is 1.00. The summed E-state index contributed by atoms with van der Waals surface area (Å²) in [6, 6.07) is 1.58. The number of methoxy groups -OCH3 is 1. The van der Waals surface area contributed by atoms with Crippen molar-refractivity contribution in [3.63, 3.8) is 0 Å². The number of hydrogen-bond donors (Lipinski definition) is 1. The summed E-state index contributed by atoms with van der Waals surface area (Å²) in [6.45, 7) is 2.33. The molecule has 0 amide bonds. The lowest BCUT2D eigenvalue weighted by Crippen LogP contribution is -2.41. The first-order valence-corrected chi connectivity index (χ1v) is 6.76. The molecule has 2 aliphatic rings. The van der Waals surface area contributed by atoms with Gasteiger partial charge in [0.25, 0.3) is 0 Å². The Bertz CT molecular complexity index is 206. The normalized spacial score (nSPS) is 30.9. The zero-order valence-corrected chi connectivity index (χ0v) is 10.7. The molecule has 0 aliphatic heterocycles. The smallest absolute Gasteiger partial charge is 0.0586 e. The fourth-order valence-electron chi connectivity index (χ4n) is 2.65. The van der Waals surface area contributed by atoms with Crippen LogP contribution >= 0.6 is 0 Å². The van der Waals surface area contributed by atoms with Crippen molar-refractivity contribution < 1.29 is 4.74 Å². The van der Waals surface area contributed by atoms with Gasteiger partial charge in [0, 0.05) is 32.3 Å². The molecule has 16 heavy (non-hydrogen) atoms. The van der Waals surface area contributed by atoms with Crippen LogP contribution in [0, 0.1) is 0 Å². The highest BCUT2D eigenvalue weighted by molar-refractivity contribution is 4.83. The van der Waals surface area contributed by atoms with Crippen molar-refractivity contribution in [2.45, 2.75) is 56.7 Å². The minimum atomic E-state index is 0.498. The standard InChI is InChI=1S/C13H26N2O/c1-15(9-8-14-11-6-7-11)12-4-3-5-13(10-12)16-2/h11-14H,3-10H2,1-2H3. The summed E-state index contributed by atoms with van der Waals surface area (Å²) in [4.78, 5) is 2.51. The third-order valence-corrected chi connectivity index (χ3v) is 4.03.